The molecule has 0 aromatic heterocycles. The first kappa shape index (κ1) is 26.2. The van der Waals surface area contributed by atoms with E-state index >= 15 is 0 Å². The van der Waals surface area contributed by atoms with Crippen LogP contribution >= 0.6 is 12.2 Å². The number of carbonyl (C=O) groups is 4. The SMILES string of the molecule is CC(C)OC(=O)CC1C(=O)NCCN1C(=S)NC(=O)CCC(=O)OCCCc1ccccc1. The molecule has 1 unspecified atom stereocenters. The second kappa shape index (κ2) is 13.5. The summed E-state index contributed by atoms with van der Waals surface area (Å²) in [5.41, 5.74) is 1.17. The van der Waals surface area contributed by atoms with Gasteiger partial charge >= 0.3 is 11.9 Å². The number of nitrogens with zero attached hydrogens (tertiary/aromatic N) is 1. The Morgan fingerprint density at radius 3 is 2.61 bits per heavy atom. The third-order valence-corrected chi connectivity index (χ3v) is 5.17. The Bertz CT molecular complexity index is 846. The topological polar surface area (TPSA) is 114 Å². The van der Waals surface area contributed by atoms with Gasteiger partial charge in [0, 0.05) is 19.5 Å². The Hall–Kier alpha value is -3.01. The standard InChI is InChI=1S/C23H31N3O6S/c1-16(2)32-21(29)15-18-22(30)24-12-13-26(18)23(33)25-19(27)10-11-20(28)31-14-6-9-17-7-4-3-5-8-17/h3-5,7-8,16,18H,6,9-15H2,1-2H3,(H,24,30)(H,25,27,33). The number of ether oxygens (including phenoxy) is 2. The van der Waals surface area contributed by atoms with Crippen LogP contribution in [0, 0.1) is 0 Å². The minimum Gasteiger partial charge on any atom is -0.466 e. The zero-order valence-electron chi connectivity index (χ0n) is 19.0. The van der Waals surface area contributed by atoms with Crippen LogP contribution in [-0.2, 0) is 35.1 Å². The Morgan fingerprint density at radius 2 is 1.91 bits per heavy atom. The molecule has 1 atom stereocenters. The van der Waals surface area contributed by atoms with Crippen LogP contribution < -0.4 is 10.6 Å². The number of nitrogens with one attached hydrogen (secondary N) is 2. The van der Waals surface area contributed by atoms with Crippen molar-refractivity contribution in [3.63, 3.8) is 0 Å². The smallest absolute Gasteiger partial charge is 0.308 e. The number of thiocarbonyl (C=S) groups is 1. The fourth-order valence-corrected chi connectivity index (χ4v) is 3.61. The van der Waals surface area contributed by atoms with E-state index in [-0.39, 0.29) is 43.0 Å². The molecule has 1 aromatic carbocycles. The lowest BCUT2D eigenvalue weighted by atomic mass is 10.1. The van der Waals surface area contributed by atoms with Gasteiger partial charge in [0.1, 0.15) is 6.04 Å². The summed E-state index contributed by atoms with van der Waals surface area (Å²) in [6.07, 6.45) is 0.835. The number of carbonyl (C=O) groups excluding carboxylic acids is 4. The van der Waals surface area contributed by atoms with Crippen LogP contribution in [0.3, 0.4) is 0 Å². The highest BCUT2D eigenvalue weighted by atomic mass is 32.1. The fraction of sp³-hybridized carbons (Fsp3) is 0.522. The largest absolute Gasteiger partial charge is 0.466 e. The average Bonchev–Trinajstić information content (AvgIpc) is 2.76. The minimum atomic E-state index is -0.868. The van der Waals surface area contributed by atoms with Crippen molar-refractivity contribution in [2.24, 2.45) is 0 Å². The number of esters is 2. The van der Waals surface area contributed by atoms with E-state index in [4.69, 9.17) is 21.7 Å². The predicted octanol–water partition coefficient (Wildman–Crippen LogP) is 1.49. The van der Waals surface area contributed by atoms with Crippen LogP contribution in [0.25, 0.3) is 0 Å². The molecule has 9 nitrogen and oxygen atoms in total. The molecule has 1 heterocycles. The Labute approximate surface area is 199 Å². The third kappa shape index (κ3) is 9.56. The predicted molar refractivity (Wildman–Crippen MR) is 125 cm³/mol. The molecule has 2 rings (SSSR count). The van der Waals surface area contributed by atoms with E-state index in [1.807, 2.05) is 30.3 Å². The molecule has 0 saturated carbocycles. The molecule has 0 spiro atoms. The second-order valence-corrected chi connectivity index (χ2v) is 8.29. The fourth-order valence-electron chi connectivity index (χ4n) is 3.28. The van der Waals surface area contributed by atoms with Crippen molar-refractivity contribution in [2.45, 2.75) is 58.1 Å². The number of hydrogen-bond acceptors (Lipinski definition) is 7. The highest BCUT2D eigenvalue weighted by Crippen LogP contribution is 2.12. The van der Waals surface area contributed by atoms with Crippen molar-refractivity contribution in [1.29, 1.82) is 0 Å². The summed E-state index contributed by atoms with van der Waals surface area (Å²) in [5, 5.41) is 5.25. The molecular formula is C23H31N3O6S. The number of benzene rings is 1. The Kier molecular flexibility index (Phi) is 10.8. The third-order valence-electron chi connectivity index (χ3n) is 4.84. The van der Waals surface area contributed by atoms with E-state index in [1.165, 1.54) is 10.5 Å². The molecule has 33 heavy (non-hydrogen) atoms. The summed E-state index contributed by atoms with van der Waals surface area (Å²) in [6.45, 7) is 4.39. The molecule has 2 N–H and O–H groups in total. The molecule has 1 aliphatic heterocycles. The van der Waals surface area contributed by atoms with Crippen LogP contribution in [0.1, 0.15) is 45.1 Å². The van der Waals surface area contributed by atoms with Gasteiger partial charge in [0.05, 0.1) is 25.6 Å². The lowest BCUT2D eigenvalue weighted by Crippen LogP contribution is -2.60. The Morgan fingerprint density at radius 1 is 1.18 bits per heavy atom. The van der Waals surface area contributed by atoms with Crippen molar-refractivity contribution in [1.82, 2.24) is 15.5 Å². The number of hydrogen-bond donors (Lipinski definition) is 2. The zero-order valence-corrected chi connectivity index (χ0v) is 19.8. The molecule has 1 saturated heterocycles. The summed E-state index contributed by atoms with van der Waals surface area (Å²) in [4.78, 5) is 49.9. The van der Waals surface area contributed by atoms with Gasteiger partial charge in [0.2, 0.25) is 11.8 Å². The van der Waals surface area contributed by atoms with Crippen LogP contribution in [0.4, 0.5) is 0 Å². The van der Waals surface area contributed by atoms with E-state index < -0.39 is 23.9 Å². The van der Waals surface area contributed by atoms with Crippen LogP contribution in [-0.4, -0.2) is 65.6 Å². The first-order valence-corrected chi connectivity index (χ1v) is 11.4. The van der Waals surface area contributed by atoms with E-state index in [9.17, 15) is 19.2 Å². The summed E-state index contributed by atoms with van der Waals surface area (Å²) >= 11 is 5.28. The second-order valence-electron chi connectivity index (χ2n) is 7.91. The van der Waals surface area contributed by atoms with Gasteiger partial charge in [-0.05, 0) is 44.5 Å². The summed E-state index contributed by atoms with van der Waals surface area (Å²) in [6, 6.07) is 9.02. The lowest BCUT2D eigenvalue weighted by Gasteiger charge is -2.36. The lowest BCUT2D eigenvalue weighted by molar-refractivity contribution is -0.150. The number of rotatable bonds is 10. The maximum atomic E-state index is 12.3. The van der Waals surface area contributed by atoms with Crippen molar-refractivity contribution in [3.8, 4) is 0 Å². The molecule has 0 radical (unpaired) electrons. The summed E-state index contributed by atoms with van der Waals surface area (Å²) in [5.74, 6) is -1.81. The van der Waals surface area contributed by atoms with Crippen LogP contribution in [0.2, 0.25) is 0 Å². The van der Waals surface area contributed by atoms with E-state index in [1.54, 1.807) is 13.8 Å². The van der Waals surface area contributed by atoms with Gasteiger partial charge in [-0.2, -0.15) is 0 Å². The van der Waals surface area contributed by atoms with Crippen molar-refractivity contribution in [3.05, 3.63) is 35.9 Å². The number of piperazine rings is 1. The van der Waals surface area contributed by atoms with Crippen LogP contribution in [0.15, 0.2) is 30.3 Å². The molecular weight excluding hydrogens is 446 g/mol. The van der Waals surface area contributed by atoms with Crippen molar-refractivity contribution in [2.75, 3.05) is 19.7 Å². The van der Waals surface area contributed by atoms with Crippen molar-refractivity contribution < 1.29 is 28.7 Å². The molecule has 2 amide bonds. The minimum absolute atomic E-state index is 0.0356. The number of aryl methyl sites for hydroxylation is 1. The van der Waals surface area contributed by atoms with E-state index in [0.717, 1.165) is 6.42 Å². The number of amides is 2. The molecule has 1 fully saturated rings. The monoisotopic (exact) mass is 477 g/mol. The molecule has 0 bridgehead atoms. The maximum absolute atomic E-state index is 12.3. The molecule has 1 aromatic rings. The van der Waals surface area contributed by atoms with Gasteiger partial charge in [-0.25, -0.2) is 0 Å². The molecule has 1 aliphatic rings. The molecule has 180 valence electrons. The first-order valence-electron chi connectivity index (χ1n) is 11.0. The van der Waals surface area contributed by atoms with E-state index in [0.29, 0.717) is 19.5 Å². The van der Waals surface area contributed by atoms with E-state index in [2.05, 4.69) is 10.6 Å². The maximum Gasteiger partial charge on any atom is 0.308 e. The highest BCUT2D eigenvalue weighted by Gasteiger charge is 2.34. The van der Waals surface area contributed by atoms with Gasteiger partial charge in [-0.3, -0.25) is 19.2 Å². The van der Waals surface area contributed by atoms with Gasteiger partial charge in [0.25, 0.3) is 0 Å². The quantitative estimate of drug-likeness (QED) is 0.296. The Balaban J connectivity index is 1.72. The van der Waals surface area contributed by atoms with Gasteiger partial charge < -0.3 is 25.0 Å². The first-order chi connectivity index (χ1) is 15.8. The average molecular weight is 478 g/mol. The summed E-state index contributed by atoms with van der Waals surface area (Å²) in [7, 11) is 0. The zero-order chi connectivity index (χ0) is 24.2. The normalized spacial score (nSPS) is 15.5. The van der Waals surface area contributed by atoms with Gasteiger partial charge in [-0.1, -0.05) is 30.3 Å². The van der Waals surface area contributed by atoms with Gasteiger partial charge in [0.15, 0.2) is 5.11 Å². The van der Waals surface area contributed by atoms with Gasteiger partial charge in [-0.15, -0.1) is 0 Å². The molecule has 10 heteroatoms. The van der Waals surface area contributed by atoms with Crippen LogP contribution in [0.5, 0.6) is 0 Å². The van der Waals surface area contributed by atoms with Crippen molar-refractivity contribution >= 4 is 41.1 Å². The molecule has 0 aliphatic carbocycles. The highest BCUT2D eigenvalue weighted by molar-refractivity contribution is 7.80. The summed E-state index contributed by atoms with van der Waals surface area (Å²) < 4.78 is 10.3.